The Labute approximate surface area is 144 Å². The van der Waals surface area contributed by atoms with E-state index in [1.165, 1.54) is 18.4 Å². The minimum absolute atomic E-state index is 0.0492. The number of furan rings is 1. The van der Waals surface area contributed by atoms with Crippen LogP contribution in [0, 0.1) is 6.92 Å². The summed E-state index contributed by atoms with van der Waals surface area (Å²) in [6.07, 6.45) is 0. The minimum atomic E-state index is -0.296. The normalized spacial score (nSPS) is 15.5. The summed E-state index contributed by atoms with van der Waals surface area (Å²) in [7, 11) is 1.39. The maximum Gasteiger partial charge on any atom is 0.348 e. The minimum Gasteiger partial charge on any atom is -0.465 e. The lowest BCUT2D eigenvalue weighted by atomic mass is 10.2. The number of amides is 1. The van der Waals surface area contributed by atoms with Crippen LogP contribution in [0.4, 0.5) is 0 Å². The van der Waals surface area contributed by atoms with Crippen molar-refractivity contribution in [3.05, 3.63) is 45.5 Å². The molecule has 24 heavy (non-hydrogen) atoms. The number of rotatable bonds is 4. The highest BCUT2D eigenvalue weighted by atomic mass is 32.1. The van der Waals surface area contributed by atoms with Crippen LogP contribution >= 0.6 is 11.3 Å². The molecule has 1 aliphatic rings. The Kier molecular flexibility index (Phi) is 5.01. The van der Waals surface area contributed by atoms with Gasteiger partial charge in [0, 0.05) is 37.6 Å². The van der Waals surface area contributed by atoms with Crippen molar-refractivity contribution in [1.82, 2.24) is 9.80 Å². The molecule has 1 saturated heterocycles. The molecule has 0 radical (unpaired) electrons. The number of ether oxygens (including phenoxy) is 1. The van der Waals surface area contributed by atoms with Gasteiger partial charge in [-0.3, -0.25) is 9.69 Å². The highest BCUT2D eigenvalue weighted by Crippen LogP contribution is 2.20. The molecule has 7 heteroatoms. The molecular weight excluding hydrogens is 328 g/mol. The average molecular weight is 348 g/mol. The second kappa shape index (κ2) is 7.19. The fourth-order valence-electron chi connectivity index (χ4n) is 2.71. The van der Waals surface area contributed by atoms with Gasteiger partial charge in [-0.2, -0.15) is 0 Å². The van der Waals surface area contributed by atoms with Crippen LogP contribution in [0.3, 0.4) is 0 Å². The Balaban J connectivity index is 1.52. The third-order valence-corrected chi connectivity index (χ3v) is 5.09. The van der Waals surface area contributed by atoms with E-state index in [0.717, 1.165) is 30.3 Å². The monoisotopic (exact) mass is 348 g/mol. The number of carbonyl (C=O) groups is 2. The fourth-order valence-corrected chi connectivity index (χ4v) is 3.68. The summed E-state index contributed by atoms with van der Waals surface area (Å²) in [6, 6.07) is 7.29. The standard InChI is InChI=1S/C17H20N2O4S/c1-12-3-5-14(23-12)16(20)19-9-7-18(8-10-19)11-13-4-6-15(24-13)17(21)22-2/h3-6H,7-11H2,1-2H3. The van der Waals surface area contributed by atoms with Crippen molar-refractivity contribution in [2.45, 2.75) is 13.5 Å². The Morgan fingerprint density at radius 2 is 1.92 bits per heavy atom. The number of piperazine rings is 1. The SMILES string of the molecule is COC(=O)c1ccc(CN2CCN(C(=O)c3ccc(C)o3)CC2)s1. The van der Waals surface area contributed by atoms with Crippen molar-refractivity contribution >= 4 is 23.2 Å². The molecule has 128 valence electrons. The van der Waals surface area contributed by atoms with Gasteiger partial charge in [-0.1, -0.05) is 0 Å². The molecular formula is C17H20N2O4S. The van der Waals surface area contributed by atoms with Gasteiger partial charge in [-0.25, -0.2) is 4.79 Å². The lowest BCUT2D eigenvalue weighted by molar-refractivity contribution is 0.0592. The zero-order valence-electron chi connectivity index (χ0n) is 13.8. The van der Waals surface area contributed by atoms with Gasteiger partial charge in [-0.15, -0.1) is 11.3 Å². The van der Waals surface area contributed by atoms with Crippen LogP contribution in [-0.4, -0.2) is 55.0 Å². The molecule has 0 aliphatic carbocycles. The van der Waals surface area contributed by atoms with Crippen LogP contribution in [0.15, 0.2) is 28.7 Å². The quantitative estimate of drug-likeness (QED) is 0.794. The van der Waals surface area contributed by atoms with Gasteiger partial charge in [-0.05, 0) is 31.2 Å². The Morgan fingerprint density at radius 1 is 1.17 bits per heavy atom. The second-order valence-electron chi connectivity index (χ2n) is 5.74. The summed E-state index contributed by atoms with van der Waals surface area (Å²) in [5.41, 5.74) is 0. The number of aryl methyl sites for hydroxylation is 1. The molecule has 3 heterocycles. The maximum absolute atomic E-state index is 12.4. The smallest absolute Gasteiger partial charge is 0.348 e. The van der Waals surface area contributed by atoms with Crippen molar-refractivity contribution in [3.8, 4) is 0 Å². The topological polar surface area (TPSA) is 63.0 Å². The molecule has 0 aromatic carbocycles. The molecule has 2 aromatic heterocycles. The summed E-state index contributed by atoms with van der Waals surface area (Å²) in [5.74, 6) is 0.806. The molecule has 0 bridgehead atoms. The van der Waals surface area contributed by atoms with Crippen LogP contribution in [0.5, 0.6) is 0 Å². The summed E-state index contributed by atoms with van der Waals surface area (Å²) < 4.78 is 10.1. The molecule has 1 aliphatic heterocycles. The van der Waals surface area contributed by atoms with Crippen LogP contribution in [0.1, 0.15) is 30.9 Å². The third-order valence-electron chi connectivity index (χ3n) is 4.04. The van der Waals surface area contributed by atoms with Crippen molar-refractivity contribution in [2.24, 2.45) is 0 Å². The molecule has 1 amide bonds. The molecule has 0 N–H and O–H groups in total. The van der Waals surface area contributed by atoms with Gasteiger partial charge in [0.05, 0.1) is 7.11 Å². The molecule has 0 atom stereocenters. The van der Waals surface area contributed by atoms with Crippen LogP contribution < -0.4 is 0 Å². The number of hydrogen-bond acceptors (Lipinski definition) is 6. The van der Waals surface area contributed by atoms with Crippen molar-refractivity contribution < 1.29 is 18.7 Å². The van der Waals surface area contributed by atoms with E-state index < -0.39 is 0 Å². The van der Waals surface area contributed by atoms with Crippen LogP contribution in [0.2, 0.25) is 0 Å². The van der Waals surface area contributed by atoms with Gasteiger partial charge in [0.1, 0.15) is 10.6 Å². The molecule has 2 aromatic rings. The van der Waals surface area contributed by atoms with Gasteiger partial charge in [0.25, 0.3) is 5.91 Å². The van der Waals surface area contributed by atoms with Crippen LogP contribution in [0.25, 0.3) is 0 Å². The molecule has 3 rings (SSSR count). The summed E-state index contributed by atoms with van der Waals surface area (Å²) in [5, 5.41) is 0. The molecule has 0 spiro atoms. The number of methoxy groups -OCH3 is 1. The van der Waals surface area contributed by atoms with Crippen molar-refractivity contribution in [2.75, 3.05) is 33.3 Å². The lowest BCUT2D eigenvalue weighted by Gasteiger charge is -2.34. The predicted molar refractivity (Wildman–Crippen MR) is 90.3 cm³/mol. The first kappa shape index (κ1) is 16.7. The number of nitrogens with zero attached hydrogens (tertiary/aromatic N) is 2. The summed E-state index contributed by atoms with van der Waals surface area (Å²) >= 11 is 1.45. The Hall–Kier alpha value is -2.12. The Morgan fingerprint density at radius 3 is 2.54 bits per heavy atom. The van der Waals surface area contributed by atoms with Crippen LogP contribution in [-0.2, 0) is 11.3 Å². The van der Waals surface area contributed by atoms with E-state index in [1.54, 1.807) is 18.2 Å². The molecule has 0 unspecified atom stereocenters. The van der Waals surface area contributed by atoms with E-state index in [0.29, 0.717) is 23.7 Å². The van der Waals surface area contributed by atoms with Crippen molar-refractivity contribution in [3.63, 3.8) is 0 Å². The first-order valence-corrected chi connectivity index (χ1v) is 8.63. The number of carbonyl (C=O) groups excluding carboxylic acids is 2. The van der Waals surface area contributed by atoms with Gasteiger partial charge in [0.2, 0.25) is 0 Å². The van der Waals surface area contributed by atoms with Gasteiger partial charge in [0.15, 0.2) is 5.76 Å². The second-order valence-corrected chi connectivity index (χ2v) is 6.90. The maximum atomic E-state index is 12.4. The largest absolute Gasteiger partial charge is 0.465 e. The summed E-state index contributed by atoms with van der Waals surface area (Å²) in [6.45, 7) is 5.57. The van der Waals surface area contributed by atoms with Gasteiger partial charge >= 0.3 is 5.97 Å². The number of thiophene rings is 1. The van der Waals surface area contributed by atoms with E-state index in [1.807, 2.05) is 17.9 Å². The number of esters is 1. The van der Waals surface area contributed by atoms with E-state index in [9.17, 15) is 9.59 Å². The van der Waals surface area contributed by atoms with E-state index in [4.69, 9.17) is 9.15 Å². The zero-order valence-corrected chi connectivity index (χ0v) is 14.6. The predicted octanol–water partition coefficient (Wildman–Crippen LogP) is 2.39. The highest BCUT2D eigenvalue weighted by molar-refractivity contribution is 7.13. The first-order chi connectivity index (χ1) is 11.6. The van der Waals surface area contributed by atoms with Crippen molar-refractivity contribution in [1.29, 1.82) is 0 Å². The first-order valence-electron chi connectivity index (χ1n) is 7.82. The van der Waals surface area contributed by atoms with Gasteiger partial charge < -0.3 is 14.1 Å². The van der Waals surface area contributed by atoms with E-state index in [2.05, 4.69) is 4.90 Å². The Bertz CT molecular complexity index is 729. The summed E-state index contributed by atoms with van der Waals surface area (Å²) in [4.78, 5) is 29.7. The lowest BCUT2D eigenvalue weighted by Crippen LogP contribution is -2.48. The zero-order chi connectivity index (χ0) is 17.1. The molecule has 6 nitrogen and oxygen atoms in total. The fraction of sp³-hybridized carbons (Fsp3) is 0.412. The third kappa shape index (κ3) is 3.68. The highest BCUT2D eigenvalue weighted by Gasteiger charge is 2.24. The van der Waals surface area contributed by atoms with E-state index in [-0.39, 0.29) is 11.9 Å². The number of hydrogen-bond donors (Lipinski definition) is 0. The van der Waals surface area contributed by atoms with E-state index >= 15 is 0 Å². The average Bonchev–Trinajstić information content (AvgIpc) is 3.23. The molecule has 1 fully saturated rings. The molecule has 0 saturated carbocycles.